The van der Waals surface area contributed by atoms with Gasteiger partial charge in [0, 0.05) is 6.04 Å². The van der Waals surface area contributed by atoms with Gasteiger partial charge in [-0.15, -0.1) is 0 Å². The lowest BCUT2D eigenvalue weighted by Gasteiger charge is -2.32. The average Bonchev–Trinajstić information content (AvgIpc) is 3.23. The Morgan fingerprint density at radius 2 is 1.80 bits per heavy atom. The molecule has 3 fully saturated rings. The van der Waals surface area contributed by atoms with E-state index < -0.39 is 0 Å². The first kappa shape index (κ1) is 14.4. The topological polar surface area (TPSA) is 39.1 Å². The Morgan fingerprint density at radius 1 is 1.05 bits per heavy atom. The summed E-state index contributed by atoms with van der Waals surface area (Å²) in [7, 11) is 0. The van der Waals surface area contributed by atoms with Crippen molar-refractivity contribution in [2.75, 3.05) is 19.6 Å². The van der Waals surface area contributed by atoms with Crippen molar-refractivity contribution in [3.63, 3.8) is 0 Å². The van der Waals surface area contributed by atoms with Crippen LogP contribution in [0.2, 0.25) is 0 Å². The van der Waals surface area contributed by atoms with Crippen LogP contribution in [0.5, 0.6) is 0 Å². The minimum Gasteiger partial charge on any atom is -0.303 e. The quantitative estimate of drug-likeness (QED) is 0.838. The Bertz CT molecular complexity index is 350. The van der Waals surface area contributed by atoms with Crippen molar-refractivity contribution in [1.82, 2.24) is 10.2 Å². The summed E-state index contributed by atoms with van der Waals surface area (Å²) in [6, 6.07) is 3.32. The molecular weight excluding hydrogens is 246 g/mol. The van der Waals surface area contributed by atoms with E-state index in [1.165, 1.54) is 77.4 Å². The van der Waals surface area contributed by atoms with Gasteiger partial charge >= 0.3 is 0 Å². The summed E-state index contributed by atoms with van der Waals surface area (Å²) in [5.74, 6) is 0.580. The van der Waals surface area contributed by atoms with E-state index in [1.807, 2.05) is 0 Å². The van der Waals surface area contributed by atoms with Gasteiger partial charge in [0.2, 0.25) is 0 Å². The lowest BCUT2D eigenvalue weighted by atomic mass is 9.85. The molecule has 0 bridgehead atoms. The highest BCUT2D eigenvalue weighted by atomic mass is 15.1. The predicted octanol–water partition coefficient (Wildman–Crippen LogP) is 3.07. The van der Waals surface area contributed by atoms with Gasteiger partial charge in [-0.1, -0.05) is 19.3 Å². The molecule has 3 heteroatoms. The molecule has 20 heavy (non-hydrogen) atoms. The van der Waals surface area contributed by atoms with E-state index >= 15 is 0 Å². The molecular formula is C17H29N3. The molecule has 2 saturated carbocycles. The average molecular weight is 275 g/mol. The third-order valence-electron chi connectivity index (χ3n) is 5.55. The number of likely N-dealkylation sites (tertiary alicyclic amines) is 1. The van der Waals surface area contributed by atoms with Crippen molar-refractivity contribution in [3.05, 3.63) is 0 Å². The second kappa shape index (κ2) is 6.45. The van der Waals surface area contributed by atoms with Gasteiger partial charge in [0.05, 0.1) is 6.07 Å². The maximum absolute atomic E-state index is 9.72. The van der Waals surface area contributed by atoms with Gasteiger partial charge in [0.25, 0.3) is 0 Å². The third kappa shape index (κ3) is 3.35. The van der Waals surface area contributed by atoms with E-state index in [2.05, 4.69) is 16.3 Å². The van der Waals surface area contributed by atoms with E-state index in [1.54, 1.807) is 0 Å². The molecule has 3 nitrogen and oxygen atoms in total. The van der Waals surface area contributed by atoms with Gasteiger partial charge in [-0.3, -0.25) is 5.32 Å². The van der Waals surface area contributed by atoms with Crippen LogP contribution >= 0.6 is 0 Å². The smallest absolute Gasteiger partial charge is 0.109 e. The van der Waals surface area contributed by atoms with Crippen molar-refractivity contribution in [2.24, 2.45) is 5.92 Å². The van der Waals surface area contributed by atoms with Crippen molar-refractivity contribution >= 4 is 0 Å². The van der Waals surface area contributed by atoms with E-state index in [-0.39, 0.29) is 5.54 Å². The first-order valence-electron chi connectivity index (χ1n) is 8.74. The summed E-state index contributed by atoms with van der Waals surface area (Å²) in [6.45, 7) is 3.77. The monoisotopic (exact) mass is 275 g/mol. The molecule has 1 saturated heterocycles. The first-order chi connectivity index (χ1) is 9.82. The zero-order valence-electron chi connectivity index (χ0n) is 12.7. The lowest BCUT2D eigenvalue weighted by molar-refractivity contribution is 0.226. The summed E-state index contributed by atoms with van der Waals surface area (Å²) in [5.41, 5.74) is -0.187. The van der Waals surface area contributed by atoms with Crippen molar-refractivity contribution in [3.8, 4) is 6.07 Å². The predicted molar refractivity (Wildman–Crippen MR) is 81.4 cm³/mol. The highest BCUT2D eigenvalue weighted by Crippen LogP contribution is 2.40. The van der Waals surface area contributed by atoms with Gasteiger partial charge in [-0.25, -0.2) is 0 Å². The van der Waals surface area contributed by atoms with Crippen LogP contribution in [0.15, 0.2) is 0 Å². The van der Waals surface area contributed by atoms with Crippen LogP contribution in [-0.4, -0.2) is 36.1 Å². The Morgan fingerprint density at radius 3 is 2.45 bits per heavy atom. The fraction of sp³-hybridized carbons (Fsp3) is 0.941. The SMILES string of the molecule is N#CC1(NC2CC2)CCCC1CCN1CCCCCC1. The van der Waals surface area contributed by atoms with Crippen molar-refractivity contribution in [2.45, 2.75) is 75.8 Å². The zero-order valence-corrected chi connectivity index (χ0v) is 12.7. The van der Waals surface area contributed by atoms with Crippen LogP contribution in [0.1, 0.15) is 64.2 Å². The second-order valence-corrected chi connectivity index (χ2v) is 7.14. The molecule has 2 unspecified atom stereocenters. The van der Waals surface area contributed by atoms with E-state index in [9.17, 15) is 5.26 Å². The molecule has 0 amide bonds. The van der Waals surface area contributed by atoms with E-state index in [4.69, 9.17) is 0 Å². The van der Waals surface area contributed by atoms with Crippen molar-refractivity contribution in [1.29, 1.82) is 5.26 Å². The molecule has 1 heterocycles. The fourth-order valence-electron chi connectivity index (χ4n) is 4.13. The van der Waals surface area contributed by atoms with Gasteiger partial charge in [0.1, 0.15) is 5.54 Å². The second-order valence-electron chi connectivity index (χ2n) is 7.14. The maximum Gasteiger partial charge on any atom is 0.109 e. The molecule has 2 atom stereocenters. The molecule has 0 spiro atoms. The van der Waals surface area contributed by atoms with Crippen LogP contribution in [0.4, 0.5) is 0 Å². The lowest BCUT2D eigenvalue weighted by Crippen LogP contribution is -2.49. The Kier molecular flexibility index (Phi) is 4.63. The van der Waals surface area contributed by atoms with Gasteiger partial charge < -0.3 is 4.90 Å². The fourth-order valence-corrected chi connectivity index (χ4v) is 4.13. The number of hydrogen-bond acceptors (Lipinski definition) is 3. The van der Waals surface area contributed by atoms with Crippen LogP contribution < -0.4 is 5.32 Å². The number of nitrogens with one attached hydrogen (secondary N) is 1. The molecule has 0 radical (unpaired) electrons. The summed E-state index contributed by atoms with van der Waals surface area (Å²) in [4.78, 5) is 2.64. The van der Waals surface area contributed by atoms with Gasteiger partial charge in [0.15, 0.2) is 0 Å². The molecule has 112 valence electrons. The van der Waals surface area contributed by atoms with Crippen molar-refractivity contribution < 1.29 is 0 Å². The van der Waals surface area contributed by atoms with Crippen LogP contribution in [0.3, 0.4) is 0 Å². The standard InChI is InChI=1S/C17H29N3/c18-14-17(19-16-7-8-16)10-5-6-15(17)9-13-20-11-3-1-2-4-12-20/h15-16,19H,1-13H2. The van der Waals surface area contributed by atoms with E-state index in [0.29, 0.717) is 12.0 Å². The largest absolute Gasteiger partial charge is 0.303 e. The molecule has 0 aromatic carbocycles. The first-order valence-corrected chi connectivity index (χ1v) is 8.74. The highest BCUT2D eigenvalue weighted by Gasteiger charge is 2.45. The third-order valence-corrected chi connectivity index (χ3v) is 5.55. The normalized spacial score (nSPS) is 35.6. The van der Waals surface area contributed by atoms with Gasteiger partial charge in [-0.05, 0) is 70.5 Å². The molecule has 3 rings (SSSR count). The maximum atomic E-state index is 9.72. The molecule has 2 aliphatic carbocycles. The number of nitriles is 1. The van der Waals surface area contributed by atoms with Crippen LogP contribution in [0, 0.1) is 17.2 Å². The minimum absolute atomic E-state index is 0.187. The Hall–Kier alpha value is -0.590. The molecule has 0 aromatic rings. The summed E-state index contributed by atoms with van der Waals surface area (Å²) < 4.78 is 0. The zero-order chi connectivity index (χ0) is 13.8. The Balaban J connectivity index is 1.53. The van der Waals surface area contributed by atoms with Crippen LogP contribution in [-0.2, 0) is 0 Å². The van der Waals surface area contributed by atoms with E-state index in [0.717, 1.165) is 6.42 Å². The molecule has 1 aliphatic heterocycles. The minimum atomic E-state index is -0.187. The van der Waals surface area contributed by atoms with Gasteiger partial charge in [-0.2, -0.15) is 5.26 Å². The number of rotatable bonds is 5. The molecule has 3 aliphatic rings. The number of hydrogen-bond donors (Lipinski definition) is 1. The molecule has 1 N–H and O–H groups in total. The number of nitrogens with zero attached hydrogens (tertiary/aromatic N) is 2. The summed E-state index contributed by atoms with van der Waals surface area (Å²) in [5, 5.41) is 13.4. The Labute approximate surface area is 123 Å². The van der Waals surface area contributed by atoms with Crippen LogP contribution in [0.25, 0.3) is 0 Å². The summed E-state index contributed by atoms with van der Waals surface area (Å²) in [6.07, 6.45) is 12.9. The summed E-state index contributed by atoms with van der Waals surface area (Å²) >= 11 is 0. The molecule has 0 aromatic heterocycles. The highest BCUT2D eigenvalue weighted by molar-refractivity contribution is 5.16.